The minimum absolute atomic E-state index is 0.0567. The van der Waals surface area contributed by atoms with Gasteiger partial charge in [-0.25, -0.2) is 4.79 Å². The summed E-state index contributed by atoms with van der Waals surface area (Å²) in [4.78, 5) is 51.1. The van der Waals surface area contributed by atoms with Crippen molar-refractivity contribution >= 4 is 23.9 Å². The van der Waals surface area contributed by atoms with Crippen molar-refractivity contribution in [1.29, 1.82) is 0 Å². The Bertz CT molecular complexity index is 1490. The van der Waals surface area contributed by atoms with Gasteiger partial charge in [-0.1, -0.05) is 223 Å². The fourth-order valence-electron chi connectivity index (χ4n) is 9.13. The number of carboxylic acid groups (broad SMARTS) is 1. The summed E-state index contributed by atoms with van der Waals surface area (Å²) in [5, 5.41) is 31.5. The summed E-state index contributed by atoms with van der Waals surface area (Å²) in [6.45, 7) is 5.93. The third kappa shape index (κ3) is 41.5. The lowest BCUT2D eigenvalue weighted by Gasteiger charge is -2.40. The molecule has 6 atom stereocenters. The van der Waals surface area contributed by atoms with E-state index in [2.05, 4.69) is 69.4 Å². The number of unbranched alkanes of at least 4 members (excludes halogenated alkanes) is 30. The summed E-state index contributed by atoms with van der Waals surface area (Å²) >= 11 is 0. The Morgan fingerprint density at radius 2 is 0.800 bits per heavy atom. The van der Waals surface area contributed by atoms with E-state index in [0.717, 1.165) is 96.3 Å². The first kappa shape index (κ1) is 69.7. The van der Waals surface area contributed by atoms with Crippen LogP contribution in [0.5, 0.6) is 0 Å². The summed E-state index contributed by atoms with van der Waals surface area (Å²) in [5.74, 6) is -3.12. The molecule has 0 aromatic heterocycles. The molecule has 6 unspecified atom stereocenters. The van der Waals surface area contributed by atoms with Gasteiger partial charge in [0.25, 0.3) is 0 Å². The molecular weight excluding hydrogens is 949 g/mol. The van der Waals surface area contributed by atoms with Gasteiger partial charge in [0.1, 0.15) is 18.8 Å². The smallest absolute Gasteiger partial charge is 0.335 e. The molecule has 0 spiro atoms. The van der Waals surface area contributed by atoms with Gasteiger partial charge in [-0.05, 0) is 83.5 Å². The van der Waals surface area contributed by atoms with Crippen LogP contribution in [0.2, 0.25) is 0 Å². The molecule has 434 valence electrons. The molecule has 1 heterocycles. The molecule has 0 amide bonds. The fraction of sp³-hybridized carbons (Fsp3) is 0.810. The number of hydrogen-bond acceptors (Lipinski definition) is 11. The SMILES string of the molecule is CCCCC/C=C\C/C=C\CCCCCCCCCCCC(=O)OC1C(OCC(COC(=O)CCCCCCCCC/C=C\C/C=C\CCCCC)OC(=O)CCCCCCCCCCC)OC(C(=O)O)C(O)C1O. The van der Waals surface area contributed by atoms with Crippen LogP contribution in [0, 0.1) is 0 Å². The zero-order chi connectivity index (χ0) is 54.7. The molecule has 0 saturated carbocycles. The average Bonchev–Trinajstić information content (AvgIpc) is 3.39. The number of carboxylic acids is 1. The highest BCUT2D eigenvalue weighted by molar-refractivity contribution is 5.74. The first-order valence-electron chi connectivity index (χ1n) is 30.6. The number of esters is 3. The van der Waals surface area contributed by atoms with Crippen molar-refractivity contribution in [3.63, 3.8) is 0 Å². The van der Waals surface area contributed by atoms with E-state index in [1.54, 1.807) is 0 Å². The van der Waals surface area contributed by atoms with Gasteiger partial charge in [-0.2, -0.15) is 0 Å². The average molecular weight is 1060 g/mol. The van der Waals surface area contributed by atoms with E-state index in [1.165, 1.54) is 122 Å². The predicted octanol–water partition coefficient (Wildman–Crippen LogP) is 15.8. The number of hydrogen-bond donors (Lipinski definition) is 3. The fourth-order valence-corrected chi connectivity index (χ4v) is 9.13. The van der Waals surface area contributed by atoms with Crippen LogP contribution in [0.15, 0.2) is 48.6 Å². The first-order chi connectivity index (χ1) is 36.6. The molecule has 12 nitrogen and oxygen atoms in total. The number of carbonyl (C=O) groups is 4. The lowest BCUT2D eigenvalue weighted by molar-refractivity contribution is -0.301. The summed E-state index contributed by atoms with van der Waals surface area (Å²) in [5.41, 5.74) is 0. The molecule has 0 aliphatic carbocycles. The van der Waals surface area contributed by atoms with Gasteiger partial charge < -0.3 is 39.0 Å². The van der Waals surface area contributed by atoms with Crippen molar-refractivity contribution in [2.45, 2.75) is 314 Å². The van der Waals surface area contributed by atoms with Gasteiger partial charge >= 0.3 is 23.9 Å². The number of ether oxygens (including phenoxy) is 5. The lowest BCUT2D eigenvalue weighted by Crippen LogP contribution is -2.61. The van der Waals surface area contributed by atoms with E-state index >= 15 is 0 Å². The quantitative estimate of drug-likeness (QED) is 0.0228. The summed E-state index contributed by atoms with van der Waals surface area (Å²) in [7, 11) is 0. The standard InChI is InChI=1S/C63H110O12/c1-4-7-10-13-16-19-21-23-25-27-28-30-32-34-36-39-42-45-48-51-57(66)74-61-59(68)58(67)60(62(69)70)75-63(61)72-53-54(73-56(65)50-47-44-41-37-18-15-12-9-6-3)52-71-55(64)49-46-43-40-38-35-33-31-29-26-24-22-20-17-14-11-8-5-2/h16-17,19-20,23-26,54,58-61,63,67-68H,4-15,18,21-22,27-53H2,1-3H3,(H,69,70)/b19-16-,20-17-,25-23-,26-24-. The Balaban J connectivity index is 2.61. The normalized spacial score (nSPS) is 18.4. The van der Waals surface area contributed by atoms with Crippen molar-refractivity contribution in [3.05, 3.63) is 48.6 Å². The van der Waals surface area contributed by atoms with Crippen LogP contribution >= 0.6 is 0 Å². The van der Waals surface area contributed by atoms with Crippen molar-refractivity contribution in [2.24, 2.45) is 0 Å². The Hall–Kier alpha value is -3.32. The summed E-state index contributed by atoms with van der Waals surface area (Å²) < 4.78 is 28.4. The van der Waals surface area contributed by atoms with Crippen LogP contribution in [-0.2, 0) is 42.9 Å². The number of rotatable bonds is 52. The number of carbonyl (C=O) groups excluding carboxylic acids is 3. The van der Waals surface area contributed by atoms with Gasteiger partial charge in [0.15, 0.2) is 24.6 Å². The largest absolute Gasteiger partial charge is 0.479 e. The molecule has 0 radical (unpaired) electrons. The lowest BCUT2D eigenvalue weighted by atomic mass is 9.98. The van der Waals surface area contributed by atoms with Crippen molar-refractivity contribution in [2.75, 3.05) is 13.2 Å². The monoisotopic (exact) mass is 1060 g/mol. The molecule has 1 aliphatic heterocycles. The maximum absolute atomic E-state index is 13.1. The third-order valence-electron chi connectivity index (χ3n) is 13.9. The Labute approximate surface area is 456 Å². The van der Waals surface area contributed by atoms with E-state index in [-0.39, 0.29) is 25.9 Å². The van der Waals surface area contributed by atoms with Crippen LogP contribution in [0.1, 0.15) is 278 Å². The molecular formula is C63H110O12. The highest BCUT2D eigenvalue weighted by Crippen LogP contribution is 2.26. The zero-order valence-electron chi connectivity index (χ0n) is 47.8. The molecule has 0 aromatic carbocycles. The van der Waals surface area contributed by atoms with Gasteiger partial charge in [-0.3, -0.25) is 14.4 Å². The molecule has 1 fully saturated rings. The molecule has 1 aliphatic rings. The molecule has 3 N–H and O–H groups in total. The number of aliphatic hydroxyl groups is 2. The summed E-state index contributed by atoms with van der Waals surface area (Å²) in [6, 6.07) is 0. The highest BCUT2D eigenvalue weighted by atomic mass is 16.7. The van der Waals surface area contributed by atoms with Crippen LogP contribution in [-0.4, -0.2) is 89.2 Å². The van der Waals surface area contributed by atoms with E-state index < -0.39 is 67.3 Å². The van der Waals surface area contributed by atoms with Crippen molar-refractivity contribution in [1.82, 2.24) is 0 Å². The van der Waals surface area contributed by atoms with Crippen molar-refractivity contribution < 1.29 is 58.2 Å². The molecule has 0 bridgehead atoms. The van der Waals surface area contributed by atoms with E-state index in [0.29, 0.717) is 19.3 Å². The van der Waals surface area contributed by atoms with Gasteiger partial charge in [0, 0.05) is 19.3 Å². The van der Waals surface area contributed by atoms with E-state index in [9.17, 15) is 34.5 Å². The molecule has 0 aromatic rings. The topological polar surface area (TPSA) is 175 Å². The second-order valence-corrected chi connectivity index (χ2v) is 21.0. The molecule has 12 heteroatoms. The van der Waals surface area contributed by atoms with Gasteiger partial charge in [-0.15, -0.1) is 0 Å². The second kappa shape index (κ2) is 51.4. The minimum atomic E-state index is -1.90. The number of allylic oxidation sites excluding steroid dienone is 8. The molecule has 1 rings (SSSR count). The maximum Gasteiger partial charge on any atom is 0.335 e. The maximum atomic E-state index is 13.1. The first-order valence-corrected chi connectivity index (χ1v) is 30.6. The highest BCUT2D eigenvalue weighted by Gasteiger charge is 2.50. The number of aliphatic carboxylic acids is 1. The van der Waals surface area contributed by atoms with Crippen LogP contribution in [0.4, 0.5) is 0 Å². The predicted molar refractivity (Wildman–Crippen MR) is 303 cm³/mol. The molecule has 1 saturated heterocycles. The van der Waals surface area contributed by atoms with E-state index in [4.69, 9.17) is 23.7 Å². The Morgan fingerprint density at radius 1 is 0.440 bits per heavy atom. The number of aliphatic hydroxyl groups excluding tert-OH is 2. The van der Waals surface area contributed by atoms with Gasteiger partial charge in [0.05, 0.1) is 6.61 Å². The van der Waals surface area contributed by atoms with Gasteiger partial charge in [0.2, 0.25) is 0 Å². The van der Waals surface area contributed by atoms with Crippen LogP contribution < -0.4 is 0 Å². The van der Waals surface area contributed by atoms with Crippen LogP contribution in [0.25, 0.3) is 0 Å². The Kier molecular flexibility index (Phi) is 47.8. The minimum Gasteiger partial charge on any atom is -0.479 e. The van der Waals surface area contributed by atoms with Crippen molar-refractivity contribution in [3.8, 4) is 0 Å². The summed E-state index contributed by atoms with van der Waals surface area (Å²) in [6.07, 6.45) is 49.4. The molecule has 75 heavy (non-hydrogen) atoms. The third-order valence-corrected chi connectivity index (χ3v) is 13.9. The zero-order valence-corrected chi connectivity index (χ0v) is 47.8. The van der Waals surface area contributed by atoms with Crippen LogP contribution in [0.3, 0.4) is 0 Å². The second-order valence-electron chi connectivity index (χ2n) is 21.0. The Morgan fingerprint density at radius 3 is 1.23 bits per heavy atom. The van der Waals surface area contributed by atoms with E-state index in [1.807, 2.05) is 0 Å².